The molecule has 0 unspecified atom stereocenters. The molecule has 0 bridgehead atoms. The number of benzene rings is 2. The molecule has 28 heavy (non-hydrogen) atoms. The number of halogens is 2. The molecule has 1 aliphatic rings. The van der Waals surface area contributed by atoms with Crippen molar-refractivity contribution in [3.63, 3.8) is 0 Å². The van der Waals surface area contributed by atoms with Gasteiger partial charge >= 0.3 is 0 Å². The molecule has 1 heterocycles. The van der Waals surface area contributed by atoms with E-state index in [-0.39, 0.29) is 5.60 Å². The molecule has 0 saturated heterocycles. The molecule has 1 aliphatic carbocycles. The lowest BCUT2D eigenvalue weighted by atomic mass is 9.95. The summed E-state index contributed by atoms with van der Waals surface area (Å²) >= 11 is 12.4. The van der Waals surface area contributed by atoms with Gasteiger partial charge < -0.3 is 9.47 Å². The van der Waals surface area contributed by atoms with Gasteiger partial charge in [-0.3, -0.25) is 4.98 Å². The van der Waals surface area contributed by atoms with Gasteiger partial charge in [-0.2, -0.15) is 0 Å². The zero-order valence-corrected chi connectivity index (χ0v) is 17.3. The molecule has 2 aromatic carbocycles. The molecule has 144 valence electrons. The number of rotatable bonds is 6. The van der Waals surface area contributed by atoms with E-state index in [4.69, 9.17) is 32.7 Å². The number of methoxy groups -OCH3 is 1. The van der Waals surface area contributed by atoms with Crippen molar-refractivity contribution >= 4 is 23.2 Å². The maximum absolute atomic E-state index is 6.39. The number of nitrogens with zero attached hydrogens (tertiary/aromatic N) is 1. The Morgan fingerprint density at radius 1 is 1.04 bits per heavy atom. The molecule has 0 radical (unpaired) electrons. The highest BCUT2D eigenvalue weighted by Crippen LogP contribution is 2.53. The van der Waals surface area contributed by atoms with E-state index in [9.17, 15) is 0 Å². The van der Waals surface area contributed by atoms with Gasteiger partial charge in [-0.25, -0.2) is 0 Å². The fourth-order valence-electron chi connectivity index (χ4n) is 3.50. The Labute approximate surface area is 175 Å². The molecule has 0 aliphatic heterocycles. The van der Waals surface area contributed by atoms with Crippen LogP contribution >= 0.6 is 23.2 Å². The molecule has 0 N–H and O–H groups in total. The fraction of sp³-hybridized carbons (Fsp3) is 0.261. The zero-order valence-electron chi connectivity index (χ0n) is 15.8. The van der Waals surface area contributed by atoms with Gasteiger partial charge in [0.25, 0.3) is 0 Å². The first kappa shape index (κ1) is 19.3. The van der Waals surface area contributed by atoms with Crippen LogP contribution in [0.4, 0.5) is 0 Å². The van der Waals surface area contributed by atoms with Crippen molar-refractivity contribution in [1.82, 2.24) is 4.98 Å². The molecular weight excluding hydrogens is 393 g/mol. The maximum Gasteiger partial charge on any atom is 0.126 e. The van der Waals surface area contributed by atoms with Gasteiger partial charge in [0.15, 0.2) is 0 Å². The fourth-order valence-corrected chi connectivity index (χ4v) is 3.87. The summed E-state index contributed by atoms with van der Waals surface area (Å²) in [6.07, 6.45) is 5.60. The van der Waals surface area contributed by atoms with E-state index < -0.39 is 0 Å². The van der Waals surface area contributed by atoms with Crippen molar-refractivity contribution in [1.29, 1.82) is 0 Å². The predicted molar refractivity (Wildman–Crippen MR) is 113 cm³/mol. The van der Waals surface area contributed by atoms with Gasteiger partial charge in [0, 0.05) is 33.6 Å². The lowest BCUT2D eigenvalue weighted by Gasteiger charge is -2.22. The Bertz CT molecular complexity index is 1020. The first-order valence-corrected chi connectivity index (χ1v) is 9.95. The monoisotopic (exact) mass is 413 g/mol. The quantitative estimate of drug-likeness (QED) is 0.457. The standard InChI is InChI=1S/C23H21Cl2NO2/c1-15-3-6-22(27-2)19(11-15)18-7-10-26-13-20(18)23(8-9-23)28-14-16-12-17(24)4-5-21(16)25/h3-7,10-13H,8-9,14H2,1-2H3. The number of hydrogen-bond donors (Lipinski definition) is 0. The molecule has 1 fully saturated rings. The highest BCUT2D eigenvalue weighted by atomic mass is 35.5. The minimum atomic E-state index is -0.357. The van der Waals surface area contributed by atoms with E-state index in [2.05, 4.69) is 18.0 Å². The van der Waals surface area contributed by atoms with Crippen molar-refractivity contribution in [3.8, 4) is 16.9 Å². The van der Waals surface area contributed by atoms with Crippen LogP contribution in [0.25, 0.3) is 11.1 Å². The summed E-state index contributed by atoms with van der Waals surface area (Å²) in [5.74, 6) is 0.840. The number of aryl methyl sites for hydroxylation is 1. The molecule has 3 aromatic rings. The van der Waals surface area contributed by atoms with Crippen LogP contribution in [0.2, 0.25) is 10.0 Å². The van der Waals surface area contributed by atoms with Crippen LogP contribution in [0.15, 0.2) is 54.9 Å². The predicted octanol–water partition coefficient (Wildman–Crippen LogP) is 6.58. The van der Waals surface area contributed by atoms with Crippen LogP contribution in [0.5, 0.6) is 5.75 Å². The molecule has 4 rings (SSSR count). The van der Waals surface area contributed by atoms with Gasteiger partial charge in [0.1, 0.15) is 5.75 Å². The lowest BCUT2D eigenvalue weighted by molar-refractivity contribution is 0.0174. The summed E-state index contributed by atoms with van der Waals surface area (Å²) in [5, 5.41) is 1.31. The van der Waals surface area contributed by atoms with Crippen molar-refractivity contribution in [2.75, 3.05) is 7.11 Å². The van der Waals surface area contributed by atoms with E-state index in [1.54, 1.807) is 19.2 Å². The first-order chi connectivity index (χ1) is 13.5. The lowest BCUT2D eigenvalue weighted by Crippen LogP contribution is -2.14. The molecule has 0 amide bonds. The molecule has 0 spiro atoms. The van der Waals surface area contributed by atoms with Gasteiger partial charge in [-0.05, 0) is 67.3 Å². The third-order valence-corrected chi connectivity index (χ3v) is 5.78. The number of pyridine rings is 1. The molecule has 5 heteroatoms. The topological polar surface area (TPSA) is 31.4 Å². The zero-order chi connectivity index (χ0) is 19.7. The second kappa shape index (κ2) is 7.75. The molecule has 1 aromatic heterocycles. The van der Waals surface area contributed by atoms with Crippen molar-refractivity contribution < 1.29 is 9.47 Å². The molecule has 0 atom stereocenters. The average Bonchev–Trinajstić information content (AvgIpc) is 3.50. The Kier molecular flexibility index (Phi) is 5.33. The molecular formula is C23H21Cl2NO2. The summed E-state index contributed by atoms with van der Waals surface area (Å²) in [6, 6.07) is 13.7. The second-order valence-corrected chi connectivity index (χ2v) is 7.99. The third kappa shape index (κ3) is 3.75. The van der Waals surface area contributed by atoms with E-state index in [0.717, 1.165) is 40.8 Å². The van der Waals surface area contributed by atoms with Crippen LogP contribution < -0.4 is 4.74 Å². The highest BCUT2D eigenvalue weighted by Gasteiger charge is 2.47. The van der Waals surface area contributed by atoms with E-state index >= 15 is 0 Å². The van der Waals surface area contributed by atoms with Crippen LogP contribution in [0, 0.1) is 6.92 Å². The van der Waals surface area contributed by atoms with Gasteiger partial charge in [-0.15, -0.1) is 0 Å². The van der Waals surface area contributed by atoms with Crippen LogP contribution in [-0.4, -0.2) is 12.1 Å². The van der Waals surface area contributed by atoms with E-state index in [1.807, 2.05) is 36.7 Å². The highest BCUT2D eigenvalue weighted by molar-refractivity contribution is 6.33. The van der Waals surface area contributed by atoms with E-state index in [0.29, 0.717) is 16.7 Å². The maximum atomic E-state index is 6.39. The SMILES string of the molecule is COc1ccc(C)cc1-c1ccncc1C1(OCc2cc(Cl)ccc2Cl)CC1. The van der Waals surface area contributed by atoms with Crippen molar-refractivity contribution in [2.45, 2.75) is 32.0 Å². The van der Waals surface area contributed by atoms with Crippen LogP contribution in [0.3, 0.4) is 0 Å². The van der Waals surface area contributed by atoms with E-state index in [1.165, 1.54) is 5.56 Å². The second-order valence-electron chi connectivity index (χ2n) is 7.14. The third-order valence-electron chi connectivity index (χ3n) is 5.17. The minimum absolute atomic E-state index is 0.357. The summed E-state index contributed by atoms with van der Waals surface area (Å²) in [5.41, 5.74) is 4.93. The Hall–Kier alpha value is -2.07. The Balaban J connectivity index is 1.69. The number of hydrogen-bond acceptors (Lipinski definition) is 3. The van der Waals surface area contributed by atoms with Crippen LogP contribution in [0.1, 0.15) is 29.5 Å². The first-order valence-electron chi connectivity index (χ1n) is 9.20. The largest absolute Gasteiger partial charge is 0.496 e. The van der Waals surface area contributed by atoms with Crippen molar-refractivity contribution in [2.24, 2.45) is 0 Å². The average molecular weight is 414 g/mol. The molecule has 3 nitrogen and oxygen atoms in total. The Morgan fingerprint density at radius 2 is 1.86 bits per heavy atom. The summed E-state index contributed by atoms with van der Waals surface area (Å²) in [7, 11) is 1.69. The number of aromatic nitrogens is 1. The normalized spacial score (nSPS) is 14.7. The minimum Gasteiger partial charge on any atom is -0.496 e. The van der Waals surface area contributed by atoms with Gasteiger partial charge in [0.2, 0.25) is 0 Å². The van der Waals surface area contributed by atoms with Gasteiger partial charge in [0.05, 0.1) is 19.3 Å². The summed E-state index contributed by atoms with van der Waals surface area (Å²) in [6.45, 7) is 2.48. The Morgan fingerprint density at radius 3 is 2.61 bits per heavy atom. The van der Waals surface area contributed by atoms with Gasteiger partial charge in [-0.1, -0.05) is 34.8 Å². The van der Waals surface area contributed by atoms with Crippen molar-refractivity contribution in [3.05, 3.63) is 81.6 Å². The smallest absolute Gasteiger partial charge is 0.126 e. The van der Waals surface area contributed by atoms with Crippen LogP contribution in [-0.2, 0) is 16.9 Å². The molecule has 1 saturated carbocycles. The number of ether oxygens (including phenoxy) is 2. The summed E-state index contributed by atoms with van der Waals surface area (Å²) in [4.78, 5) is 4.37. The summed E-state index contributed by atoms with van der Waals surface area (Å²) < 4.78 is 12.0.